The normalized spacial score (nSPS) is 21.8. The van der Waals surface area contributed by atoms with Gasteiger partial charge < -0.3 is 20.7 Å². The number of fused-ring (bicyclic) bond motifs is 1. The summed E-state index contributed by atoms with van der Waals surface area (Å²) in [5.74, 6) is -1.25. The van der Waals surface area contributed by atoms with Gasteiger partial charge in [0.25, 0.3) is 5.56 Å². The minimum atomic E-state index is -1.18. The molecule has 0 aliphatic carbocycles. The van der Waals surface area contributed by atoms with Crippen molar-refractivity contribution in [3.05, 3.63) is 32.9 Å². The van der Waals surface area contributed by atoms with E-state index in [4.69, 9.17) is 4.74 Å². The molecule has 2 fully saturated rings. The van der Waals surface area contributed by atoms with Gasteiger partial charge in [-0.3, -0.25) is 23.9 Å². The zero-order valence-corrected chi connectivity index (χ0v) is 17.5. The Morgan fingerprint density at radius 1 is 1.26 bits per heavy atom. The van der Waals surface area contributed by atoms with Crippen LogP contribution in [0.4, 0.5) is 9.18 Å². The summed E-state index contributed by atoms with van der Waals surface area (Å²) >= 11 is 1.83. The number of thioether (sulfide) groups is 1. The van der Waals surface area contributed by atoms with Crippen LogP contribution in [0.2, 0.25) is 0 Å². The van der Waals surface area contributed by atoms with E-state index < -0.39 is 29.6 Å². The number of nitrogens with zero attached hydrogens (tertiary/aromatic N) is 1. The van der Waals surface area contributed by atoms with E-state index in [1.807, 2.05) is 11.8 Å². The van der Waals surface area contributed by atoms with Gasteiger partial charge >= 0.3 is 17.7 Å². The smallest absolute Gasteiger partial charge is 0.329 e. The van der Waals surface area contributed by atoms with E-state index in [9.17, 15) is 28.4 Å². The molecule has 3 atom stereocenters. The number of urea groups is 1. The maximum atomic E-state index is 13.2. The number of H-pyrrole nitrogens is 1. The summed E-state index contributed by atoms with van der Waals surface area (Å²) in [6, 6.07) is 0.234. The molecule has 3 heterocycles. The van der Waals surface area contributed by atoms with Crippen molar-refractivity contribution in [2.24, 2.45) is 0 Å². The Balaban J connectivity index is 1.25. The number of ether oxygens (including phenoxy) is 1. The van der Waals surface area contributed by atoms with Crippen molar-refractivity contribution in [2.45, 2.75) is 49.6 Å². The Kier molecular flexibility index (Phi) is 7.71. The Bertz CT molecular complexity index is 950. The van der Waals surface area contributed by atoms with E-state index >= 15 is 0 Å². The second kappa shape index (κ2) is 10.5. The number of hydrogen-bond acceptors (Lipinski definition) is 7. The zero-order chi connectivity index (χ0) is 22.4. The van der Waals surface area contributed by atoms with Crippen molar-refractivity contribution in [3.63, 3.8) is 0 Å². The highest BCUT2D eigenvalue weighted by atomic mass is 32.2. The number of carbonyl (C=O) groups is 3. The number of nitrogens with one attached hydrogen (secondary N) is 4. The molecule has 31 heavy (non-hydrogen) atoms. The van der Waals surface area contributed by atoms with Gasteiger partial charge in [-0.15, -0.1) is 0 Å². The molecule has 0 spiro atoms. The molecule has 0 radical (unpaired) electrons. The van der Waals surface area contributed by atoms with Crippen molar-refractivity contribution >= 4 is 29.7 Å². The minimum absolute atomic E-state index is 0.0976. The number of amides is 3. The van der Waals surface area contributed by atoms with Crippen LogP contribution in [0.5, 0.6) is 0 Å². The first-order valence-corrected chi connectivity index (χ1v) is 11.0. The maximum Gasteiger partial charge on any atom is 0.329 e. The van der Waals surface area contributed by atoms with E-state index in [0.717, 1.165) is 18.6 Å². The highest BCUT2D eigenvalue weighted by Gasteiger charge is 2.42. The van der Waals surface area contributed by atoms with Gasteiger partial charge in [-0.25, -0.2) is 9.59 Å². The number of hydrogen-bond donors (Lipinski definition) is 4. The molecule has 0 aromatic carbocycles. The van der Waals surface area contributed by atoms with Crippen LogP contribution in [0, 0.1) is 5.82 Å². The SMILES string of the molecule is O=C(CCCCC1SCC2NC(=O)NC21)NCCOC(=O)Cn1cc(F)c(=O)[nH]c1=O. The standard InChI is InChI=1S/C18H24FN5O6S/c19-10-7-24(18(29)23-16(10)27)8-14(26)30-6-5-20-13(25)4-2-1-3-12-15-11(9-31-12)21-17(28)22-15/h7,11-12,15H,1-6,8-9H2,(H,20,25)(H2,21,22,28)(H,23,27,29). The lowest BCUT2D eigenvalue weighted by Crippen LogP contribution is -2.36. The van der Waals surface area contributed by atoms with E-state index in [1.54, 1.807) is 4.98 Å². The fourth-order valence-corrected chi connectivity index (χ4v) is 5.05. The van der Waals surface area contributed by atoms with Crippen LogP contribution < -0.4 is 27.2 Å². The second-order valence-corrected chi connectivity index (χ2v) is 8.57. The van der Waals surface area contributed by atoms with Crippen LogP contribution in [-0.4, -0.2) is 63.7 Å². The van der Waals surface area contributed by atoms with Gasteiger partial charge in [-0.1, -0.05) is 6.42 Å². The van der Waals surface area contributed by atoms with E-state index in [2.05, 4.69) is 16.0 Å². The predicted molar refractivity (Wildman–Crippen MR) is 109 cm³/mol. The molecule has 2 aliphatic heterocycles. The Morgan fingerprint density at radius 2 is 2.06 bits per heavy atom. The molecule has 0 bridgehead atoms. The largest absolute Gasteiger partial charge is 0.462 e. The molecule has 170 valence electrons. The van der Waals surface area contributed by atoms with Crippen molar-refractivity contribution in [1.82, 2.24) is 25.5 Å². The molecule has 13 heteroatoms. The van der Waals surface area contributed by atoms with Gasteiger partial charge in [0.2, 0.25) is 11.7 Å². The first-order valence-electron chi connectivity index (χ1n) is 9.93. The Morgan fingerprint density at radius 3 is 2.87 bits per heavy atom. The average Bonchev–Trinajstić information content (AvgIpc) is 3.26. The summed E-state index contributed by atoms with van der Waals surface area (Å²) in [6.07, 6.45) is 3.47. The van der Waals surface area contributed by atoms with Crippen LogP contribution >= 0.6 is 11.8 Å². The molecule has 2 aliphatic rings. The molecule has 3 amide bonds. The van der Waals surface area contributed by atoms with E-state index in [0.29, 0.717) is 28.9 Å². The molecule has 11 nitrogen and oxygen atoms in total. The van der Waals surface area contributed by atoms with Crippen LogP contribution in [-0.2, 0) is 20.9 Å². The van der Waals surface area contributed by atoms with Gasteiger partial charge in [-0.2, -0.15) is 16.2 Å². The summed E-state index contributed by atoms with van der Waals surface area (Å²) in [5.41, 5.74) is -2.08. The van der Waals surface area contributed by atoms with Gasteiger partial charge in [-0.05, 0) is 12.8 Å². The van der Waals surface area contributed by atoms with Crippen LogP contribution in [0.15, 0.2) is 15.8 Å². The summed E-state index contributed by atoms with van der Waals surface area (Å²) in [6.45, 7) is -0.545. The number of aromatic nitrogens is 2. The molecule has 2 saturated heterocycles. The molecule has 3 unspecified atom stereocenters. The van der Waals surface area contributed by atoms with Crippen LogP contribution in [0.25, 0.3) is 0 Å². The number of halogens is 1. The van der Waals surface area contributed by atoms with Crippen molar-refractivity contribution in [2.75, 3.05) is 18.9 Å². The fraction of sp³-hybridized carbons (Fsp3) is 0.611. The van der Waals surface area contributed by atoms with E-state index in [1.165, 1.54) is 0 Å². The number of rotatable bonds is 10. The third kappa shape index (κ3) is 6.32. The quantitative estimate of drug-likeness (QED) is 0.201. The summed E-state index contributed by atoms with van der Waals surface area (Å²) in [4.78, 5) is 59.1. The highest BCUT2D eigenvalue weighted by molar-refractivity contribution is 8.00. The number of carbonyl (C=O) groups excluding carboxylic acids is 3. The van der Waals surface area contributed by atoms with Gasteiger partial charge in [0.05, 0.1) is 24.8 Å². The lowest BCUT2D eigenvalue weighted by Gasteiger charge is -2.16. The molecular weight excluding hydrogens is 433 g/mol. The Labute approximate surface area is 180 Å². The zero-order valence-electron chi connectivity index (χ0n) is 16.6. The van der Waals surface area contributed by atoms with Crippen LogP contribution in [0.3, 0.4) is 0 Å². The fourth-order valence-electron chi connectivity index (χ4n) is 3.50. The molecule has 0 saturated carbocycles. The number of esters is 1. The molecule has 4 N–H and O–H groups in total. The summed E-state index contributed by atoms with van der Waals surface area (Å²) in [5, 5.41) is 8.82. The monoisotopic (exact) mass is 457 g/mol. The summed E-state index contributed by atoms with van der Waals surface area (Å²) < 4.78 is 18.8. The highest BCUT2D eigenvalue weighted by Crippen LogP contribution is 2.33. The number of unbranched alkanes of at least 4 members (excludes halogenated alkanes) is 1. The lowest BCUT2D eigenvalue weighted by atomic mass is 10.0. The average molecular weight is 457 g/mol. The molecular formula is C18H24FN5O6S. The first-order chi connectivity index (χ1) is 14.8. The van der Waals surface area contributed by atoms with Crippen molar-refractivity contribution in [3.8, 4) is 0 Å². The molecule has 1 aromatic rings. The van der Waals surface area contributed by atoms with Crippen LogP contribution in [0.1, 0.15) is 25.7 Å². The molecule has 3 rings (SSSR count). The third-order valence-corrected chi connectivity index (χ3v) is 6.54. The molecule has 1 aromatic heterocycles. The predicted octanol–water partition coefficient (Wildman–Crippen LogP) is -0.939. The first kappa shape index (κ1) is 22.8. The number of aromatic amines is 1. The topological polar surface area (TPSA) is 151 Å². The second-order valence-electron chi connectivity index (χ2n) is 7.30. The Hall–Kier alpha value is -2.83. The van der Waals surface area contributed by atoms with E-state index in [-0.39, 0.29) is 37.2 Å². The maximum absolute atomic E-state index is 13.2. The van der Waals surface area contributed by atoms with Gasteiger partial charge in [0.15, 0.2) is 0 Å². The summed E-state index contributed by atoms with van der Waals surface area (Å²) in [7, 11) is 0. The van der Waals surface area contributed by atoms with Gasteiger partial charge in [0.1, 0.15) is 13.2 Å². The minimum Gasteiger partial charge on any atom is -0.462 e. The van der Waals surface area contributed by atoms with Gasteiger partial charge in [0, 0.05) is 17.4 Å². The lowest BCUT2D eigenvalue weighted by molar-refractivity contribution is -0.144. The third-order valence-electron chi connectivity index (χ3n) is 5.03. The van der Waals surface area contributed by atoms with Crippen molar-refractivity contribution in [1.29, 1.82) is 0 Å². The van der Waals surface area contributed by atoms with Crippen molar-refractivity contribution < 1.29 is 23.5 Å².